The van der Waals surface area contributed by atoms with Crippen molar-refractivity contribution in [2.75, 3.05) is 52.9 Å². The summed E-state index contributed by atoms with van der Waals surface area (Å²) in [5.41, 5.74) is 1.17. The van der Waals surface area contributed by atoms with Gasteiger partial charge in [0.25, 0.3) is 11.8 Å². The van der Waals surface area contributed by atoms with E-state index in [1.807, 2.05) is 43.1 Å². The zero-order chi connectivity index (χ0) is 18.9. The monoisotopic (exact) mass is 382 g/mol. The third kappa shape index (κ3) is 6.94. The third-order valence-electron chi connectivity index (χ3n) is 4.68. The van der Waals surface area contributed by atoms with Crippen molar-refractivity contribution in [3.63, 3.8) is 0 Å². The molecule has 0 aromatic heterocycles. The number of nitrogens with one attached hydrogen (secondary N) is 3. The molecule has 1 aliphatic rings. The molecule has 1 unspecified atom stereocenters. The molecule has 1 aliphatic heterocycles. The molecular formula is C19H31ClN4O2+2. The molecule has 0 aliphatic carbocycles. The van der Waals surface area contributed by atoms with Crippen molar-refractivity contribution in [3.05, 3.63) is 34.9 Å². The molecule has 0 bridgehead atoms. The molecule has 1 aromatic rings. The highest BCUT2D eigenvalue weighted by atomic mass is 35.5. The summed E-state index contributed by atoms with van der Waals surface area (Å²) in [5.74, 6) is 0.291. The summed E-state index contributed by atoms with van der Waals surface area (Å²) in [6.45, 7) is 7.68. The summed E-state index contributed by atoms with van der Waals surface area (Å²) in [6, 6.07) is 7.76. The number of carbonyl (C=O) groups is 2. The Kier molecular flexibility index (Phi) is 8.35. The minimum atomic E-state index is 0.105. The lowest BCUT2D eigenvalue weighted by Crippen LogP contribution is -3.16. The molecule has 144 valence electrons. The quantitative estimate of drug-likeness (QED) is 0.518. The number of carbonyl (C=O) groups excluding carboxylic acids is 2. The van der Waals surface area contributed by atoms with Crippen LogP contribution in [0.3, 0.4) is 0 Å². The Labute approximate surface area is 161 Å². The number of amides is 2. The Balaban J connectivity index is 1.70. The van der Waals surface area contributed by atoms with E-state index >= 15 is 0 Å². The van der Waals surface area contributed by atoms with Crippen LogP contribution in [0.2, 0.25) is 5.02 Å². The van der Waals surface area contributed by atoms with Gasteiger partial charge in [0.1, 0.15) is 6.54 Å². The molecule has 1 saturated heterocycles. The van der Waals surface area contributed by atoms with Crippen molar-refractivity contribution in [1.82, 2.24) is 10.2 Å². The molecule has 1 heterocycles. The van der Waals surface area contributed by atoms with Crippen LogP contribution in [0.15, 0.2) is 24.3 Å². The van der Waals surface area contributed by atoms with E-state index in [4.69, 9.17) is 11.6 Å². The molecule has 1 fully saturated rings. The summed E-state index contributed by atoms with van der Waals surface area (Å²) in [7, 11) is 2.03. The fourth-order valence-electron chi connectivity index (χ4n) is 3.19. The maximum atomic E-state index is 12.5. The first-order valence-corrected chi connectivity index (χ1v) is 9.79. The van der Waals surface area contributed by atoms with Crippen LogP contribution >= 0.6 is 11.6 Å². The van der Waals surface area contributed by atoms with Gasteiger partial charge in [0.05, 0.1) is 33.2 Å². The first-order valence-electron chi connectivity index (χ1n) is 9.41. The highest BCUT2D eigenvalue weighted by Gasteiger charge is 2.26. The lowest BCUT2D eigenvalue weighted by Gasteiger charge is -2.32. The predicted molar refractivity (Wildman–Crippen MR) is 102 cm³/mol. The molecule has 0 radical (unpaired) electrons. The summed E-state index contributed by atoms with van der Waals surface area (Å²) in [4.78, 5) is 28.7. The normalized spacial score (nSPS) is 16.3. The summed E-state index contributed by atoms with van der Waals surface area (Å²) in [5, 5.41) is 3.64. The van der Waals surface area contributed by atoms with Gasteiger partial charge >= 0.3 is 0 Å². The van der Waals surface area contributed by atoms with E-state index in [1.54, 1.807) is 0 Å². The highest BCUT2D eigenvalue weighted by Crippen LogP contribution is 2.08. The summed E-state index contributed by atoms with van der Waals surface area (Å²) in [6.07, 6.45) is 0.954. The predicted octanol–water partition coefficient (Wildman–Crippen LogP) is -1.39. The van der Waals surface area contributed by atoms with Crippen LogP contribution in [0, 0.1) is 0 Å². The fourth-order valence-corrected chi connectivity index (χ4v) is 3.31. The van der Waals surface area contributed by atoms with Crippen LogP contribution in [0.4, 0.5) is 0 Å². The lowest BCUT2D eigenvalue weighted by molar-refractivity contribution is -0.897. The van der Waals surface area contributed by atoms with Gasteiger partial charge in [-0.2, -0.15) is 0 Å². The van der Waals surface area contributed by atoms with Crippen molar-refractivity contribution in [2.24, 2.45) is 0 Å². The van der Waals surface area contributed by atoms with E-state index in [9.17, 15) is 9.59 Å². The van der Waals surface area contributed by atoms with E-state index in [1.165, 1.54) is 10.5 Å². The molecule has 1 aromatic carbocycles. The molecule has 6 nitrogen and oxygen atoms in total. The number of hydrogen-bond donors (Lipinski definition) is 3. The average Bonchev–Trinajstić information content (AvgIpc) is 2.62. The molecule has 7 heteroatoms. The van der Waals surface area contributed by atoms with Gasteiger partial charge in [-0.25, -0.2) is 0 Å². The Morgan fingerprint density at radius 1 is 1.23 bits per heavy atom. The van der Waals surface area contributed by atoms with Crippen LogP contribution in [0.25, 0.3) is 0 Å². The average molecular weight is 383 g/mol. The SMILES string of the molecule is CCCNC(=O)C[NH+]1CCN(C(=O)C[NH+](C)Cc2ccc(Cl)cc2)CC1. The first kappa shape index (κ1) is 20.7. The number of piperazine rings is 1. The molecule has 26 heavy (non-hydrogen) atoms. The van der Waals surface area contributed by atoms with Gasteiger partial charge in [-0.15, -0.1) is 0 Å². The number of hydrogen-bond acceptors (Lipinski definition) is 2. The van der Waals surface area contributed by atoms with E-state index in [2.05, 4.69) is 5.32 Å². The second kappa shape index (κ2) is 10.5. The second-order valence-corrected chi connectivity index (χ2v) is 7.53. The zero-order valence-corrected chi connectivity index (χ0v) is 16.6. The molecule has 0 spiro atoms. The van der Waals surface area contributed by atoms with Crippen molar-refractivity contribution in [1.29, 1.82) is 0 Å². The number of rotatable bonds is 8. The standard InChI is InChI=1S/C19H29ClN4O2/c1-3-8-21-18(25)14-23-9-11-24(12-10-23)19(26)15-22(2)13-16-4-6-17(20)7-5-16/h4-7H,3,8-15H2,1-2H3,(H,21,25)/p+2. The number of quaternary nitrogens is 2. The van der Waals surface area contributed by atoms with Crippen LogP contribution in [-0.2, 0) is 16.1 Å². The van der Waals surface area contributed by atoms with Crippen LogP contribution in [0.1, 0.15) is 18.9 Å². The molecular weight excluding hydrogens is 352 g/mol. The maximum Gasteiger partial charge on any atom is 0.278 e. The molecule has 3 N–H and O–H groups in total. The Bertz CT molecular complexity index is 586. The van der Waals surface area contributed by atoms with E-state index < -0.39 is 0 Å². The first-order chi connectivity index (χ1) is 12.5. The van der Waals surface area contributed by atoms with Crippen molar-refractivity contribution in [2.45, 2.75) is 19.9 Å². The van der Waals surface area contributed by atoms with Crippen molar-refractivity contribution in [3.8, 4) is 0 Å². The number of halogens is 1. The Morgan fingerprint density at radius 3 is 2.50 bits per heavy atom. The van der Waals surface area contributed by atoms with Gasteiger partial charge in [0.2, 0.25) is 0 Å². The minimum absolute atomic E-state index is 0.105. The lowest BCUT2D eigenvalue weighted by atomic mass is 10.2. The summed E-state index contributed by atoms with van der Waals surface area (Å²) < 4.78 is 0. The highest BCUT2D eigenvalue weighted by molar-refractivity contribution is 6.30. The van der Waals surface area contributed by atoms with Gasteiger partial charge in [0.15, 0.2) is 13.1 Å². The van der Waals surface area contributed by atoms with Gasteiger partial charge in [-0.05, 0) is 18.6 Å². The topological polar surface area (TPSA) is 58.3 Å². The third-order valence-corrected chi connectivity index (χ3v) is 4.93. The van der Waals surface area contributed by atoms with Crippen molar-refractivity contribution < 1.29 is 19.4 Å². The minimum Gasteiger partial charge on any atom is -0.351 e. The van der Waals surface area contributed by atoms with Gasteiger partial charge in [-0.3, -0.25) is 9.59 Å². The fraction of sp³-hybridized carbons (Fsp3) is 0.579. The van der Waals surface area contributed by atoms with Gasteiger partial charge < -0.3 is 20.0 Å². The van der Waals surface area contributed by atoms with E-state index in [0.29, 0.717) is 13.1 Å². The Morgan fingerprint density at radius 2 is 1.88 bits per heavy atom. The van der Waals surface area contributed by atoms with E-state index in [0.717, 1.165) is 55.6 Å². The molecule has 1 atom stereocenters. The van der Waals surface area contributed by atoms with Crippen molar-refractivity contribution >= 4 is 23.4 Å². The van der Waals surface area contributed by atoms with Gasteiger partial charge in [-0.1, -0.05) is 30.7 Å². The van der Waals surface area contributed by atoms with Gasteiger partial charge in [0, 0.05) is 17.1 Å². The second-order valence-electron chi connectivity index (χ2n) is 7.09. The number of nitrogens with zero attached hydrogens (tertiary/aromatic N) is 1. The van der Waals surface area contributed by atoms with Crippen LogP contribution in [-0.4, -0.2) is 69.6 Å². The zero-order valence-electron chi connectivity index (χ0n) is 15.8. The smallest absolute Gasteiger partial charge is 0.278 e. The summed E-state index contributed by atoms with van der Waals surface area (Å²) >= 11 is 5.91. The molecule has 0 saturated carbocycles. The van der Waals surface area contributed by atoms with Crippen LogP contribution in [0.5, 0.6) is 0 Å². The Hall–Kier alpha value is -1.63. The van der Waals surface area contributed by atoms with E-state index in [-0.39, 0.29) is 11.8 Å². The largest absolute Gasteiger partial charge is 0.351 e. The molecule has 2 rings (SSSR count). The molecule has 2 amide bonds. The number of benzene rings is 1. The maximum absolute atomic E-state index is 12.5. The number of likely N-dealkylation sites (N-methyl/N-ethyl adjacent to an activating group) is 1. The van der Waals surface area contributed by atoms with Crippen LogP contribution < -0.4 is 15.1 Å².